The number of esters is 1. The van der Waals surface area contributed by atoms with Crippen LogP contribution in [0.15, 0.2) is 20.6 Å². The van der Waals surface area contributed by atoms with E-state index < -0.39 is 11.9 Å². The van der Waals surface area contributed by atoms with Gasteiger partial charge in [-0.3, -0.25) is 10.1 Å². The molecule has 1 aliphatic heterocycles. The van der Waals surface area contributed by atoms with E-state index in [2.05, 4.69) is 10.3 Å². The highest BCUT2D eigenvalue weighted by atomic mass is 32.2. The minimum absolute atomic E-state index is 0.0270. The van der Waals surface area contributed by atoms with E-state index in [1.54, 1.807) is 13.8 Å². The van der Waals surface area contributed by atoms with E-state index in [0.29, 0.717) is 9.37 Å². The van der Waals surface area contributed by atoms with Gasteiger partial charge in [-0.1, -0.05) is 23.5 Å². The molecular formula is C14H16N2O3S3. The molecule has 0 bridgehead atoms. The summed E-state index contributed by atoms with van der Waals surface area (Å²) in [4.78, 5) is 30.0. The molecule has 5 nitrogen and oxygen atoms in total. The van der Waals surface area contributed by atoms with E-state index in [1.165, 1.54) is 34.9 Å². The molecule has 1 N–H and O–H groups in total. The maximum absolute atomic E-state index is 12.5. The van der Waals surface area contributed by atoms with Crippen molar-refractivity contribution >= 4 is 51.9 Å². The second-order valence-electron chi connectivity index (χ2n) is 4.74. The van der Waals surface area contributed by atoms with Crippen LogP contribution in [0.4, 0.5) is 5.13 Å². The number of thiazole rings is 1. The lowest BCUT2D eigenvalue weighted by Crippen LogP contribution is -2.25. The number of nitrogens with one attached hydrogen (secondary N) is 1. The number of hydrogen-bond acceptors (Lipinski definition) is 7. The molecule has 1 aliphatic rings. The van der Waals surface area contributed by atoms with Gasteiger partial charge in [0.25, 0.3) is 5.91 Å². The van der Waals surface area contributed by atoms with Gasteiger partial charge in [-0.15, -0.1) is 11.3 Å². The molecule has 0 saturated carbocycles. The molecule has 0 radical (unpaired) electrons. The van der Waals surface area contributed by atoms with Crippen molar-refractivity contribution in [3.63, 3.8) is 0 Å². The van der Waals surface area contributed by atoms with E-state index in [4.69, 9.17) is 4.74 Å². The quantitative estimate of drug-likeness (QED) is 0.383. The van der Waals surface area contributed by atoms with Crippen molar-refractivity contribution in [3.05, 3.63) is 31.2 Å². The molecule has 2 heterocycles. The maximum Gasteiger partial charge on any atom is 0.345 e. The summed E-state index contributed by atoms with van der Waals surface area (Å²) in [7, 11) is 0. The number of aryl methyl sites for hydroxylation is 2. The van der Waals surface area contributed by atoms with Crippen LogP contribution in [0.5, 0.6) is 0 Å². The molecule has 2 rings (SSSR count). The topological polar surface area (TPSA) is 68.3 Å². The number of ether oxygens (including phenoxy) is 1. The molecule has 0 fully saturated rings. The van der Waals surface area contributed by atoms with E-state index in [9.17, 15) is 9.59 Å². The number of carbonyl (C=O) groups is 2. The van der Waals surface area contributed by atoms with Gasteiger partial charge in [0.15, 0.2) is 5.13 Å². The maximum atomic E-state index is 12.5. The highest BCUT2D eigenvalue weighted by Crippen LogP contribution is 2.40. The van der Waals surface area contributed by atoms with Crippen LogP contribution in [0.1, 0.15) is 24.4 Å². The zero-order valence-corrected chi connectivity index (χ0v) is 15.1. The second kappa shape index (κ2) is 7.34. The molecule has 0 aromatic carbocycles. The first-order valence-corrected chi connectivity index (χ1v) is 9.15. The zero-order valence-electron chi connectivity index (χ0n) is 12.6. The van der Waals surface area contributed by atoms with Gasteiger partial charge in [-0.2, -0.15) is 0 Å². The minimum Gasteiger partial charge on any atom is -0.459 e. The summed E-state index contributed by atoms with van der Waals surface area (Å²) in [6.45, 7) is 7.31. The van der Waals surface area contributed by atoms with E-state index in [-0.39, 0.29) is 11.7 Å². The molecule has 0 atom stereocenters. The molecule has 1 aromatic heterocycles. The Kier molecular flexibility index (Phi) is 5.71. The average molecular weight is 356 g/mol. The van der Waals surface area contributed by atoms with Crippen LogP contribution in [0.2, 0.25) is 0 Å². The first kappa shape index (κ1) is 17.1. The van der Waals surface area contributed by atoms with Crippen LogP contribution in [0.3, 0.4) is 0 Å². The van der Waals surface area contributed by atoms with E-state index >= 15 is 0 Å². The van der Waals surface area contributed by atoms with Crippen molar-refractivity contribution < 1.29 is 14.3 Å². The molecule has 1 aromatic rings. The predicted octanol–water partition coefficient (Wildman–Crippen LogP) is 3.81. The molecular weight excluding hydrogens is 340 g/mol. The molecule has 0 unspecified atom stereocenters. The van der Waals surface area contributed by atoms with Crippen LogP contribution in [0, 0.1) is 13.8 Å². The van der Waals surface area contributed by atoms with Gasteiger partial charge in [-0.25, -0.2) is 9.78 Å². The van der Waals surface area contributed by atoms with Crippen molar-refractivity contribution in [3.8, 4) is 0 Å². The van der Waals surface area contributed by atoms with Crippen LogP contribution >= 0.6 is 34.9 Å². The Morgan fingerprint density at radius 3 is 2.36 bits per heavy atom. The SMILES string of the molecule is Cc1nc(NC(=O)C(C(=O)OC(C)C)=C2SC=CS2)sc1C. The molecule has 0 spiro atoms. The van der Waals surface area contributed by atoms with Crippen LogP contribution in [-0.2, 0) is 14.3 Å². The Morgan fingerprint density at radius 1 is 1.23 bits per heavy atom. The summed E-state index contributed by atoms with van der Waals surface area (Å²) in [6.07, 6.45) is -0.287. The number of anilines is 1. The number of amides is 1. The first-order valence-electron chi connectivity index (χ1n) is 6.57. The van der Waals surface area contributed by atoms with Gasteiger partial charge >= 0.3 is 5.97 Å². The Morgan fingerprint density at radius 2 is 1.86 bits per heavy atom. The standard InChI is InChI=1S/C14H16N2O3S3/c1-7(2)19-12(18)10(13-20-5-6-21-13)11(17)16-14-15-8(3)9(4)22-14/h5-7H,1-4H3,(H,15,16,17). The van der Waals surface area contributed by atoms with E-state index in [1.807, 2.05) is 24.7 Å². The Balaban J connectivity index is 2.23. The van der Waals surface area contributed by atoms with Crippen molar-refractivity contribution in [2.24, 2.45) is 0 Å². The first-order chi connectivity index (χ1) is 10.4. The average Bonchev–Trinajstić information content (AvgIpc) is 3.00. The summed E-state index contributed by atoms with van der Waals surface area (Å²) in [5.74, 6) is -1.10. The lowest BCUT2D eigenvalue weighted by molar-refractivity contribution is -0.143. The molecule has 1 amide bonds. The fourth-order valence-corrected chi connectivity index (χ4v) is 4.20. The Labute approximate surface area is 141 Å². The lowest BCUT2D eigenvalue weighted by Gasteiger charge is -2.12. The fourth-order valence-electron chi connectivity index (χ4n) is 1.55. The lowest BCUT2D eigenvalue weighted by atomic mass is 10.3. The van der Waals surface area contributed by atoms with Crippen molar-refractivity contribution in [2.75, 3.05) is 5.32 Å². The zero-order chi connectivity index (χ0) is 16.3. The Hall–Kier alpha value is -1.25. The Bertz CT molecular complexity index is 633. The number of thioether (sulfide) groups is 2. The largest absolute Gasteiger partial charge is 0.459 e. The highest BCUT2D eigenvalue weighted by molar-refractivity contribution is 8.27. The summed E-state index contributed by atoms with van der Waals surface area (Å²) in [6, 6.07) is 0. The molecule has 118 valence electrons. The third-order valence-electron chi connectivity index (χ3n) is 2.63. The minimum atomic E-state index is -0.615. The number of rotatable bonds is 4. The summed E-state index contributed by atoms with van der Waals surface area (Å²) in [5, 5.41) is 6.83. The van der Waals surface area contributed by atoms with Gasteiger partial charge in [0, 0.05) is 4.88 Å². The molecule has 8 heteroatoms. The number of carbonyl (C=O) groups excluding carboxylic acids is 2. The van der Waals surface area contributed by atoms with Gasteiger partial charge in [0.05, 0.1) is 16.0 Å². The van der Waals surface area contributed by atoms with Gasteiger partial charge < -0.3 is 4.74 Å². The number of aromatic nitrogens is 1. The monoisotopic (exact) mass is 356 g/mol. The van der Waals surface area contributed by atoms with Crippen LogP contribution < -0.4 is 5.32 Å². The van der Waals surface area contributed by atoms with Crippen molar-refractivity contribution in [1.82, 2.24) is 4.98 Å². The number of nitrogens with zero attached hydrogens (tertiary/aromatic N) is 1. The van der Waals surface area contributed by atoms with Gasteiger partial charge in [0.1, 0.15) is 5.57 Å². The fraction of sp³-hybridized carbons (Fsp3) is 0.357. The predicted molar refractivity (Wildman–Crippen MR) is 92.8 cm³/mol. The molecule has 0 aliphatic carbocycles. The molecule has 0 saturated heterocycles. The summed E-state index contributed by atoms with van der Waals surface area (Å²) < 4.78 is 5.80. The smallest absolute Gasteiger partial charge is 0.345 e. The summed E-state index contributed by atoms with van der Waals surface area (Å²) >= 11 is 4.05. The van der Waals surface area contributed by atoms with Crippen molar-refractivity contribution in [2.45, 2.75) is 33.8 Å². The normalized spacial score (nSPS) is 13.6. The van der Waals surface area contributed by atoms with Crippen molar-refractivity contribution in [1.29, 1.82) is 0 Å². The van der Waals surface area contributed by atoms with Crippen LogP contribution in [-0.4, -0.2) is 23.0 Å². The summed E-state index contributed by atoms with van der Waals surface area (Å²) in [5.41, 5.74) is 0.893. The highest BCUT2D eigenvalue weighted by Gasteiger charge is 2.27. The van der Waals surface area contributed by atoms with Crippen LogP contribution in [0.25, 0.3) is 0 Å². The number of hydrogen-bond donors (Lipinski definition) is 1. The third-order valence-corrected chi connectivity index (χ3v) is 5.75. The molecule has 22 heavy (non-hydrogen) atoms. The van der Waals surface area contributed by atoms with Gasteiger partial charge in [-0.05, 0) is 38.5 Å². The van der Waals surface area contributed by atoms with Gasteiger partial charge in [0.2, 0.25) is 0 Å². The van der Waals surface area contributed by atoms with E-state index in [0.717, 1.165) is 10.6 Å². The second-order valence-corrected chi connectivity index (χ2v) is 8.03. The third kappa shape index (κ3) is 4.15.